The van der Waals surface area contributed by atoms with Gasteiger partial charge in [0.2, 0.25) is 0 Å². The van der Waals surface area contributed by atoms with Gasteiger partial charge >= 0.3 is 5.97 Å². The summed E-state index contributed by atoms with van der Waals surface area (Å²) in [6.45, 7) is 5.63. The van der Waals surface area contributed by atoms with Crippen LogP contribution in [0.2, 0.25) is 0 Å². The average Bonchev–Trinajstić information content (AvgIpc) is 3.50. The Morgan fingerprint density at radius 3 is 2.83 bits per heavy atom. The number of nitrogens with zero attached hydrogens (tertiary/aromatic N) is 4. The summed E-state index contributed by atoms with van der Waals surface area (Å²) < 4.78 is 16.2. The minimum Gasteiger partial charge on any atom is -0.479 e. The highest BCUT2D eigenvalue weighted by Crippen LogP contribution is 2.49. The van der Waals surface area contributed by atoms with Gasteiger partial charge in [-0.3, -0.25) is 5.10 Å². The number of aliphatic carboxylic acids is 1. The van der Waals surface area contributed by atoms with Crippen LogP contribution < -0.4 is 0 Å². The summed E-state index contributed by atoms with van der Waals surface area (Å²) in [7, 11) is 0. The molecule has 0 spiro atoms. The smallest absolute Gasteiger partial charge is 0.335 e. The van der Waals surface area contributed by atoms with Gasteiger partial charge in [0.15, 0.2) is 11.2 Å². The van der Waals surface area contributed by atoms with Gasteiger partial charge in [-0.2, -0.15) is 10.4 Å². The van der Waals surface area contributed by atoms with Crippen LogP contribution in [0, 0.1) is 24.1 Å². The number of aromatic amines is 1. The number of pyridine rings is 1. The van der Waals surface area contributed by atoms with Crippen LogP contribution in [0.25, 0.3) is 27.8 Å². The summed E-state index contributed by atoms with van der Waals surface area (Å²) in [5.74, 6) is -1.84. The van der Waals surface area contributed by atoms with Gasteiger partial charge in [-0.1, -0.05) is 13.8 Å². The normalized spacial score (nSPS) is 20.5. The van der Waals surface area contributed by atoms with E-state index in [9.17, 15) is 24.7 Å². The molecule has 0 radical (unpaired) electrons. The minimum absolute atomic E-state index is 0.0439. The van der Waals surface area contributed by atoms with Gasteiger partial charge in [0.05, 0.1) is 23.3 Å². The topological polar surface area (TPSA) is 128 Å². The zero-order valence-electron chi connectivity index (χ0n) is 19.8. The summed E-state index contributed by atoms with van der Waals surface area (Å²) in [4.78, 5) is 16.7. The molecular formula is C26H26FN5O3. The molecule has 0 bridgehead atoms. The van der Waals surface area contributed by atoms with E-state index in [0.717, 1.165) is 27.8 Å². The lowest BCUT2D eigenvalue weighted by Gasteiger charge is -2.28. The number of carboxylic acids is 1. The maximum atomic E-state index is 14.2. The molecular weight excluding hydrogens is 449 g/mol. The van der Waals surface area contributed by atoms with Crippen molar-refractivity contribution in [2.75, 3.05) is 0 Å². The number of aryl methyl sites for hydroxylation is 1. The van der Waals surface area contributed by atoms with Crippen LogP contribution in [-0.2, 0) is 10.2 Å². The third kappa shape index (κ3) is 3.56. The molecule has 1 saturated carbocycles. The molecule has 3 heterocycles. The molecule has 180 valence electrons. The van der Waals surface area contributed by atoms with Crippen LogP contribution >= 0.6 is 0 Å². The van der Waals surface area contributed by atoms with E-state index in [2.05, 4.69) is 16.3 Å². The van der Waals surface area contributed by atoms with Crippen molar-refractivity contribution >= 4 is 28.0 Å². The van der Waals surface area contributed by atoms with Crippen molar-refractivity contribution in [3.63, 3.8) is 0 Å². The number of hydrogen-bond acceptors (Lipinski definition) is 5. The highest BCUT2D eigenvalue weighted by molar-refractivity contribution is 5.94. The van der Waals surface area contributed by atoms with Gasteiger partial charge in [0, 0.05) is 34.2 Å². The van der Waals surface area contributed by atoms with Crippen LogP contribution in [-0.4, -0.2) is 41.5 Å². The fraction of sp³-hybridized carbons (Fsp3) is 0.385. The summed E-state index contributed by atoms with van der Waals surface area (Å²) >= 11 is 0. The molecule has 1 aliphatic rings. The number of halogens is 1. The molecule has 2 atom stereocenters. The Kier molecular flexibility index (Phi) is 5.18. The maximum Gasteiger partial charge on any atom is 0.335 e. The van der Waals surface area contributed by atoms with Crippen LogP contribution in [0.3, 0.4) is 0 Å². The van der Waals surface area contributed by atoms with E-state index in [0.29, 0.717) is 23.1 Å². The van der Waals surface area contributed by atoms with Crippen LogP contribution in [0.4, 0.5) is 4.39 Å². The zero-order chi connectivity index (χ0) is 25.1. The van der Waals surface area contributed by atoms with E-state index in [1.54, 1.807) is 25.3 Å². The van der Waals surface area contributed by atoms with Gasteiger partial charge in [-0.25, -0.2) is 14.2 Å². The van der Waals surface area contributed by atoms with Crippen LogP contribution in [0.1, 0.15) is 62.3 Å². The predicted octanol–water partition coefficient (Wildman–Crippen LogP) is 4.62. The first-order chi connectivity index (χ1) is 16.6. The van der Waals surface area contributed by atoms with Crippen molar-refractivity contribution in [3.05, 3.63) is 53.1 Å². The molecule has 35 heavy (non-hydrogen) atoms. The molecule has 1 aliphatic carbocycles. The van der Waals surface area contributed by atoms with E-state index < -0.39 is 17.0 Å². The van der Waals surface area contributed by atoms with Crippen molar-refractivity contribution in [3.8, 4) is 11.8 Å². The number of aromatic nitrogens is 4. The SMILES string of the molecule is Cc1cc(-n2c(C(C)(C)CC#N)c([C@@H]3CC[C@@](O)(C(=O)O)C3)c3nc4[nH]ncc4cc32)ccc1F. The summed E-state index contributed by atoms with van der Waals surface area (Å²) in [5, 5.41) is 37.9. The fourth-order valence-corrected chi connectivity index (χ4v) is 5.43. The lowest BCUT2D eigenvalue weighted by atomic mass is 9.80. The molecule has 0 unspecified atom stereocenters. The maximum absolute atomic E-state index is 14.2. The van der Waals surface area contributed by atoms with E-state index in [1.165, 1.54) is 6.07 Å². The number of carbonyl (C=O) groups is 1. The highest BCUT2D eigenvalue weighted by Gasteiger charge is 2.47. The Labute approximate surface area is 201 Å². The predicted molar refractivity (Wildman–Crippen MR) is 128 cm³/mol. The lowest BCUT2D eigenvalue weighted by molar-refractivity contribution is -0.157. The second-order valence-electron chi connectivity index (χ2n) is 10.2. The van der Waals surface area contributed by atoms with Crippen molar-refractivity contribution in [2.45, 2.75) is 63.4 Å². The molecule has 0 aliphatic heterocycles. The largest absolute Gasteiger partial charge is 0.479 e. The van der Waals surface area contributed by atoms with Gasteiger partial charge in [-0.15, -0.1) is 0 Å². The molecule has 4 aromatic rings. The molecule has 1 fully saturated rings. The molecule has 5 rings (SSSR count). The van der Waals surface area contributed by atoms with Gasteiger partial charge in [0.1, 0.15) is 5.82 Å². The number of fused-ring (bicyclic) bond motifs is 2. The number of hydrogen-bond donors (Lipinski definition) is 3. The van der Waals surface area contributed by atoms with E-state index in [4.69, 9.17) is 4.98 Å². The lowest BCUT2D eigenvalue weighted by Crippen LogP contribution is -2.35. The Morgan fingerprint density at radius 2 is 2.17 bits per heavy atom. The first-order valence-electron chi connectivity index (χ1n) is 11.5. The van der Waals surface area contributed by atoms with Crippen molar-refractivity contribution in [1.82, 2.24) is 19.7 Å². The number of rotatable bonds is 5. The average molecular weight is 476 g/mol. The van der Waals surface area contributed by atoms with E-state index in [-0.39, 0.29) is 31.0 Å². The van der Waals surface area contributed by atoms with Gasteiger partial charge in [0.25, 0.3) is 0 Å². The monoisotopic (exact) mass is 475 g/mol. The second-order valence-corrected chi connectivity index (χ2v) is 10.2. The number of aliphatic hydroxyl groups is 1. The third-order valence-corrected chi connectivity index (χ3v) is 7.24. The minimum atomic E-state index is -1.82. The van der Waals surface area contributed by atoms with E-state index in [1.807, 2.05) is 24.5 Å². The van der Waals surface area contributed by atoms with Crippen molar-refractivity contribution < 1.29 is 19.4 Å². The molecule has 9 heteroatoms. The summed E-state index contributed by atoms with van der Waals surface area (Å²) in [6, 6.07) is 9.10. The highest BCUT2D eigenvalue weighted by atomic mass is 19.1. The molecule has 8 nitrogen and oxygen atoms in total. The summed E-state index contributed by atoms with van der Waals surface area (Å²) in [5.41, 5.74) is 2.36. The van der Waals surface area contributed by atoms with Crippen molar-refractivity contribution in [2.24, 2.45) is 0 Å². The molecule has 0 saturated heterocycles. The number of benzene rings is 1. The number of nitrogens with one attached hydrogen (secondary N) is 1. The molecule has 0 amide bonds. The zero-order valence-corrected chi connectivity index (χ0v) is 19.8. The number of carboxylic acid groups (broad SMARTS) is 1. The van der Waals surface area contributed by atoms with Crippen LogP contribution in [0.5, 0.6) is 0 Å². The van der Waals surface area contributed by atoms with Crippen molar-refractivity contribution in [1.29, 1.82) is 5.26 Å². The number of nitriles is 1. The molecule has 3 aromatic heterocycles. The Balaban J connectivity index is 1.89. The Hall–Kier alpha value is -3.77. The first kappa shape index (κ1) is 23.0. The second kappa shape index (κ2) is 7.89. The standard InChI is InChI=1S/C26H26FN5O3/c1-14-10-17(4-5-18(14)27)32-19-11-16-13-29-31-23(16)30-21(19)20(22(32)25(2,3)8-9-28)15-6-7-26(35,12-15)24(33)34/h4-5,10-11,13,15,35H,6-8,12H2,1-3H3,(H,33,34)(H,29,30,31)/t15-,26+/m1/s1. The Morgan fingerprint density at radius 1 is 1.40 bits per heavy atom. The molecule has 1 aromatic carbocycles. The molecule has 3 N–H and O–H groups in total. The fourth-order valence-electron chi connectivity index (χ4n) is 5.43. The van der Waals surface area contributed by atoms with Gasteiger partial charge in [-0.05, 0) is 61.9 Å². The summed E-state index contributed by atoms with van der Waals surface area (Å²) in [6.07, 6.45) is 2.50. The van der Waals surface area contributed by atoms with Gasteiger partial charge < -0.3 is 14.8 Å². The Bertz CT molecular complexity index is 1530. The van der Waals surface area contributed by atoms with E-state index >= 15 is 0 Å². The third-order valence-electron chi connectivity index (χ3n) is 7.24. The van der Waals surface area contributed by atoms with Crippen LogP contribution in [0.15, 0.2) is 30.5 Å². The number of H-pyrrole nitrogens is 1. The first-order valence-corrected chi connectivity index (χ1v) is 11.5. The quantitative estimate of drug-likeness (QED) is 0.386.